The van der Waals surface area contributed by atoms with Crippen molar-refractivity contribution in [2.45, 2.75) is 57.1 Å². The van der Waals surface area contributed by atoms with Gasteiger partial charge in [0.1, 0.15) is 35.3 Å². The number of hydrogen-bond acceptors (Lipinski definition) is 8. The van der Waals surface area contributed by atoms with Crippen LogP contribution < -0.4 is 9.47 Å². The molecule has 1 heterocycles. The first-order chi connectivity index (χ1) is 22.2. The van der Waals surface area contributed by atoms with E-state index in [4.69, 9.17) is 19.2 Å². The van der Waals surface area contributed by atoms with E-state index in [9.17, 15) is 10.1 Å². The number of nitriles is 1. The van der Waals surface area contributed by atoms with Crippen LogP contribution in [-0.4, -0.2) is 48.0 Å². The monoisotopic (exact) mass is 654 g/mol. The molecule has 0 aliphatic heterocycles. The molecule has 1 unspecified atom stereocenters. The highest BCUT2D eigenvalue weighted by Crippen LogP contribution is 2.35. The van der Waals surface area contributed by atoms with E-state index in [1.165, 1.54) is 17.3 Å². The third-order valence-electron chi connectivity index (χ3n) is 7.30. The molecule has 8 heteroatoms. The van der Waals surface area contributed by atoms with Gasteiger partial charge in [0, 0.05) is 16.9 Å². The molecule has 3 aromatic carbocycles. The zero-order valence-electron chi connectivity index (χ0n) is 27.2. The van der Waals surface area contributed by atoms with Crippen LogP contribution >= 0.6 is 23.5 Å². The predicted octanol–water partition coefficient (Wildman–Crippen LogP) is 9.21. The number of esters is 1. The van der Waals surface area contributed by atoms with Crippen molar-refractivity contribution >= 4 is 29.5 Å². The van der Waals surface area contributed by atoms with Gasteiger partial charge in [-0.25, -0.2) is 4.98 Å². The van der Waals surface area contributed by atoms with Crippen LogP contribution in [-0.2, 0) is 14.9 Å². The molecule has 0 radical (unpaired) electrons. The van der Waals surface area contributed by atoms with Crippen LogP contribution in [0.25, 0.3) is 22.4 Å². The number of nitrogens with zero attached hydrogens (tertiary/aromatic N) is 2. The van der Waals surface area contributed by atoms with Gasteiger partial charge in [-0.05, 0) is 71.2 Å². The highest BCUT2D eigenvalue weighted by Gasteiger charge is 2.20. The van der Waals surface area contributed by atoms with Gasteiger partial charge in [-0.1, -0.05) is 88.3 Å². The summed E-state index contributed by atoms with van der Waals surface area (Å²) >= 11 is 2.98. The molecule has 0 saturated heterocycles. The lowest BCUT2D eigenvalue weighted by Crippen LogP contribution is -2.28. The summed E-state index contributed by atoms with van der Waals surface area (Å²) in [5.41, 5.74) is 4.95. The van der Waals surface area contributed by atoms with E-state index in [0.29, 0.717) is 22.0 Å². The molecule has 46 heavy (non-hydrogen) atoms. The zero-order chi connectivity index (χ0) is 32.9. The highest BCUT2D eigenvalue weighted by molar-refractivity contribution is 8.00. The van der Waals surface area contributed by atoms with E-state index in [-0.39, 0.29) is 23.7 Å². The summed E-state index contributed by atoms with van der Waals surface area (Å²) < 4.78 is 17.3. The third-order valence-corrected chi connectivity index (χ3v) is 9.43. The van der Waals surface area contributed by atoms with Crippen LogP contribution in [0.15, 0.2) is 90.0 Å². The van der Waals surface area contributed by atoms with E-state index < -0.39 is 6.10 Å². The predicted molar refractivity (Wildman–Crippen MR) is 190 cm³/mol. The summed E-state index contributed by atoms with van der Waals surface area (Å²) in [5.74, 6) is 2.76. The summed E-state index contributed by atoms with van der Waals surface area (Å²) in [7, 11) is 1.63. The van der Waals surface area contributed by atoms with Crippen molar-refractivity contribution in [1.29, 1.82) is 5.26 Å². The second-order valence-corrected chi connectivity index (χ2v) is 14.0. The fraction of sp³-hybridized carbons (Fsp3) is 0.342. The van der Waals surface area contributed by atoms with Crippen LogP contribution in [0.4, 0.5) is 0 Å². The van der Waals surface area contributed by atoms with E-state index in [1.54, 1.807) is 18.9 Å². The molecule has 1 aromatic heterocycles. The smallest absolute Gasteiger partial charge is 0.316 e. The first kappa shape index (κ1) is 34.9. The van der Waals surface area contributed by atoms with Gasteiger partial charge in [-0.2, -0.15) is 17.0 Å². The number of hydrogen-bond donors (Lipinski definition) is 0. The largest absolute Gasteiger partial charge is 0.497 e. The number of unbranched alkanes of at least 4 members (excludes halogenated alkanes) is 1. The lowest BCUT2D eigenvalue weighted by molar-refractivity contribution is -0.145. The van der Waals surface area contributed by atoms with E-state index in [0.717, 1.165) is 46.8 Å². The van der Waals surface area contributed by atoms with Crippen molar-refractivity contribution in [2.75, 3.05) is 31.0 Å². The second-order valence-electron chi connectivity index (χ2n) is 11.9. The number of methoxy groups -OCH3 is 1. The van der Waals surface area contributed by atoms with Crippen molar-refractivity contribution in [2.24, 2.45) is 0 Å². The fourth-order valence-corrected chi connectivity index (χ4v) is 6.53. The highest BCUT2D eigenvalue weighted by atomic mass is 32.2. The minimum absolute atomic E-state index is 0.0123. The zero-order valence-corrected chi connectivity index (χ0v) is 28.9. The number of thioether (sulfide) groups is 2. The molecule has 0 amide bonds. The van der Waals surface area contributed by atoms with Gasteiger partial charge in [0.05, 0.1) is 24.1 Å². The maximum Gasteiger partial charge on any atom is 0.316 e. The molecule has 1 atom stereocenters. The van der Waals surface area contributed by atoms with Gasteiger partial charge < -0.3 is 14.2 Å². The standard InChI is InChI=1S/C38H42N2O4S2/c1-6-7-21-45-25-32(24-43-31-19-15-29(16-20-31)38(2,3)4)44-36(41)26-46-37-34(23-39)33(27-11-9-8-10-12-27)22-35(40-37)28-13-17-30(42-5)18-14-28/h8-20,22,32H,6-7,21,24-26H2,1-5H3. The molecule has 0 bridgehead atoms. The van der Waals surface area contributed by atoms with E-state index in [2.05, 4.69) is 45.9 Å². The van der Waals surface area contributed by atoms with Crippen molar-refractivity contribution in [3.8, 4) is 40.0 Å². The van der Waals surface area contributed by atoms with Crippen molar-refractivity contribution in [3.63, 3.8) is 0 Å². The van der Waals surface area contributed by atoms with Crippen molar-refractivity contribution < 1.29 is 19.0 Å². The van der Waals surface area contributed by atoms with Crippen molar-refractivity contribution in [3.05, 3.63) is 96.1 Å². The third kappa shape index (κ3) is 10.0. The minimum atomic E-state index is -0.411. The number of aromatic nitrogens is 1. The Bertz CT molecular complexity index is 1600. The Morgan fingerprint density at radius 3 is 2.28 bits per heavy atom. The van der Waals surface area contributed by atoms with Gasteiger partial charge in [0.25, 0.3) is 0 Å². The normalized spacial score (nSPS) is 11.8. The Balaban J connectivity index is 1.51. The number of benzene rings is 3. The quantitative estimate of drug-likeness (QED) is 0.0713. The number of rotatable bonds is 15. The average molecular weight is 655 g/mol. The molecule has 0 saturated carbocycles. The number of carbonyl (C=O) groups excluding carboxylic acids is 1. The Kier molecular flexibility index (Phi) is 13.0. The summed E-state index contributed by atoms with van der Waals surface area (Å²) in [6, 6.07) is 29.7. The maximum absolute atomic E-state index is 13.2. The van der Waals surface area contributed by atoms with Crippen LogP contribution in [0.1, 0.15) is 51.7 Å². The van der Waals surface area contributed by atoms with Crippen LogP contribution in [0.2, 0.25) is 0 Å². The Morgan fingerprint density at radius 1 is 0.957 bits per heavy atom. The van der Waals surface area contributed by atoms with Gasteiger partial charge in [-0.3, -0.25) is 4.79 Å². The average Bonchev–Trinajstić information content (AvgIpc) is 3.07. The molecule has 0 N–H and O–H groups in total. The first-order valence-electron chi connectivity index (χ1n) is 15.5. The van der Waals surface area contributed by atoms with Gasteiger partial charge in [-0.15, -0.1) is 0 Å². The summed E-state index contributed by atoms with van der Waals surface area (Å²) in [4.78, 5) is 18.1. The number of ether oxygens (including phenoxy) is 3. The molecule has 0 aliphatic carbocycles. The summed E-state index contributed by atoms with van der Waals surface area (Å²) in [5, 5.41) is 10.7. The second kappa shape index (κ2) is 17.1. The Labute approximate surface area is 281 Å². The van der Waals surface area contributed by atoms with Crippen LogP contribution in [0.5, 0.6) is 11.5 Å². The molecule has 240 valence electrons. The lowest BCUT2D eigenvalue weighted by Gasteiger charge is -2.21. The number of pyridine rings is 1. The van der Waals surface area contributed by atoms with Gasteiger partial charge >= 0.3 is 5.97 Å². The maximum atomic E-state index is 13.2. The molecular formula is C38H42N2O4S2. The molecule has 0 aliphatic rings. The van der Waals surface area contributed by atoms with Gasteiger partial charge in [0.2, 0.25) is 0 Å². The minimum Gasteiger partial charge on any atom is -0.497 e. The summed E-state index contributed by atoms with van der Waals surface area (Å²) in [6.45, 7) is 8.96. The fourth-order valence-electron chi connectivity index (χ4n) is 4.65. The van der Waals surface area contributed by atoms with E-state index >= 15 is 0 Å². The van der Waals surface area contributed by atoms with Crippen molar-refractivity contribution in [1.82, 2.24) is 4.98 Å². The molecule has 6 nitrogen and oxygen atoms in total. The number of carbonyl (C=O) groups is 1. The molecular weight excluding hydrogens is 613 g/mol. The topological polar surface area (TPSA) is 81.4 Å². The Morgan fingerprint density at radius 2 is 1.65 bits per heavy atom. The molecule has 0 spiro atoms. The first-order valence-corrected chi connectivity index (χ1v) is 17.6. The van der Waals surface area contributed by atoms with E-state index in [1.807, 2.05) is 72.8 Å². The molecule has 4 aromatic rings. The lowest BCUT2D eigenvalue weighted by atomic mass is 9.87. The SMILES string of the molecule is CCCCSCC(COc1ccc(C(C)(C)C)cc1)OC(=O)CSc1nc(-c2ccc(OC)cc2)cc(-c2ccccc2)c1C#N. The Hall–Kier alpha value is -3.93. The van der Waals surface area contributed by atoms with Gasteiger partial charge in [0.15, 0.2) is 0 Å². The molecule has 4 rings (SSSR count). The van der Waals surface area contributed by atoms with Crippen LogP contribution in [0, 0.1) is 11.3 Å². The van der Waals surface area contributed by atoms with Crippen LogP contribution in [0.3, 0.4) is 0 Å². The summed E-state index contributed by atoms with van der Waals surface area (Å²) in [6.07, 6.45) is 1.80. The molecule has 0 fully saturated rings.